The molecule has 0 aliphatic rings. The Balaban J connectivity index is 4.51. The molecule has 1 amide bonds. The molecule has 66 valence electrons. The fourth-order valence-corrected chi connectivity index (χ4v) is 1.72. The lowest BCUT2D eigenvalue weighted by atomic mass is 9.96. The number of sulfonamides is 1. The van der Waals surface area contributed by atoms with Crippen molar-refractivity contribution in [2.45, 2.75) is 13.8 Å². The van der Waals surface area contributed by atoms with Gasteiger partial charge < -0.3 is 5.73 Å². The fourth-order valence-electron chi connectivity index (χ4n) is 0.574. The Morgan fingerprint density at radius 3 is 1.91 bits per heavy atom. The number of carbonyl (C=O) groups is 1. The Bertz CT molecular complexity index is 255. The summed E-state index contributed by atoms with van der Waals surface area (Å²) in [5.74, 6) is -1.10. The highest BCUT2D eigenvalue weighted by atomic mass is 32.2. The SMILES string of the molecule is CC(C)(CS(N)(=O)=O)C(N)=O. The van der Waals surface area contributed by atoms with Crippen molar-refractivity contribution in [3.63, 3.8) is 0 Å². The van der Waals surface area contributed by atoms with Crippen molar-refractivity contribution in [3.8, 4) is 0 Å². The number of amides is 1. The first kappa shape index (κ1) is 10.4. The van der Waals surface area contributed by atoms with E-state index in [9.17, 15) is 13.2 Å². The van der Waals surface area contributed by atoms with Crippen molar-refractivity contribution in [3.05, 3.63) is 0 Å². The summed E-state index contributed by atoms with van der Waals surface area (Å²) >= 11 is 0. The summed E-state index contributed by atoms with van der Waals surface area (Å²) in [5.41, 5.74) is 3.83. The summed E-state index contributed by atoms with van der Waals surface area (Å²) in [7, 11) is -3.63. The van der Waals surface area contributed by atoms with Gasteiger partial charge in [0.25, 0.3) is 0 Å². The Labute approximate surface area is 65.8 Å². The van der Waals surface area contributed by atoms with Crippen LogP contribution in [0.15, 0.2) is 0 Å². The molecule has 0 saturated carbocycles. The molecule has 5 nitrogen and oxygen atoms in total. The van der Waals surface area contributed by atoms with Crippen LogP contribution in [0.5, 0.6) is 0 Å². The van der Waals surface area contributed by atoms with Gasteiger partial charge in [0.15, 0.2) is 0 Å². The lowest BCUT2D eigenvalue weighted by molar-refractivity contribution is -0.124. The first-order valence-corrected chi connectivity index (χ1v) is 4.67. The van der Waals surface area contributed by atoms with Crippen LogP contribution in [0.4, 0.5) is 0 Å². The van der Waals surface area contributed by atoms with E-state index in [-0.39, 0.29) is 0 Å². The molecule has 0 heterocycles. The number of hydrogen-bond acceptors (Lipinski definition) is 3. The van der Waals surface area contributed by atoms with Crippen LogP contribution >= 0.6 is 0 Å². The number of hydrogen-bond donors (Lipinski definition) is 2. The van der Waals surface area contributed by atoms with Gasteiger partial charge in [-0.05, 0) is 13.8 Å². The van der Waals surface area contributed by atoms with Crippen molar-refractivity contribution in [1.82, 2.24) is 0 Å². The summed E-state index contributed by atoms with van der Waals surface area (Å²) in [6.45, 7) is 2.86. The molecule has 0 aromatic heterocycles. The standard InChI is InChI=1S/C5H12N2O3S/c1-5(2,4(6)8)3-11(7,9)10/h3H2,1-2H3,(H2,6,8)(H2,7,9,10). The van der Waals surface area contributed by atoms with Gasteiger partial charge in [0, 0.05) is 0 Å². The van der Waals surface area contributed by atoms with Crippen molar-refractivity contribution >= 4 is 15.9 Å². The van der Waals surface area contributed by atoms with Crippen molar-refractivity contribution in [2.24, 2.45) is 16.3 Å². The van der Waals surface area contributed by atoms with Gasteiger partial charge in [-0.25, -0.2) is 13.6 Å². The fraction of sp³-hybridized carbons (Fsp3) is 0.800. The van der Waals surface area contributed by atoms with Gasteiger partial charge in [-0.2, -0.15) is 0 Å². The Morgan fingerprint density at radius 2 is 1.82 bits per heavy atom. The molecular weight excluding hydrogens is 168 g/mol. The summed E-state index contributed by atoms with van der Waals surface area (Å²) in [4.78, 5) is 10.6. The molecule has 0 bridgehead atoms. The van der Waals surface area contributed by atoms with Crippen LogP contribution in [0, 0.1) is 5.41 Å². The van der Waals surface area contributed by atoms with Gasteiger partial charge in [0.2, 0.25) is 15.9 Å². The first-order chi connectivity index (χ1) is 4.65. The van der Waals surface area contributed by atoms with E-state index in [1.807, 2.05) is 0 Å². The first-order valence-electron chi connectivity index (χ1n) is 2.95. The lowest BCUT2D eigenvalue weighted by Gasteiger charge is -2.17. The van der Waals surface area contributed by atoms with E-state index in [0.717, 1.165) is 0 Å². The maximum Gasteiger partial charge on any atom is 0.224 e. The minimum atomic E-state index is -3.63. The molecule has 0 aliphatic heterocycles. The van der Waals surface area contributed by atoms with Gasteiger partial charge in [-0.1, -0.05) is 0 Å². The van der Waals surface area contributed by atoms with E-state index in [0.29, 0.717) is 0 Å². The van der Waals surface area contributed by atoms with E-state index in [2.05, 4.69) is 0 Å². The summed E-state index contributed by atoms with van der Waals surface area (Å²) in [6.07, 6.45) is 0. The monoisotopic (exact) mass is 180 g/mol. The van der Waals surface area contributed by atoms with Crippen LogP contribution in [0.25, 0.3) is 0 Å². The number of rotatable bonds is 3. The lowest BCUT2D eigenvalue weighted by Crippen LogP contribution is -2.39. The molecule has 4 N–H and O–H groups in total. The van der Waals surface area contributed by atoms with Crippen molar-refractivity contribution in [2.75, 3.05) is 5.75 Å². The normalized spacial score (nSPS) is 13.0. The van der Waals surface area contributed by atoms with Crippen molar-refractivity contribution < 1.29 is 13.2 Å². The molecule has 0 aromatic carbocycles. The predicted molar refractivity (Wildman–Crippen MR) is 40.9 cm³/mol. The number of primary sulfonamides is 1. The smallest absolute Gasteiger partial charge is 0.224 e. The average molecular weight is 180 g/mol. The van der Waals surface area contributed by atoms with Gasteiger partial charge >= 0.3 is 0 Å². The Kier molecular flexibility index (Phi) is 2.63. The van der Waals surface area contributed by atoms with Gasteiger partial charge in [-0.15, -0.1) is 0 Å². The second kappa shape index (κ2) is 2.78. The number of nitrogens with two attached hydrogens (primary N) is 2. The average Bonchev–Trinajstić information content (AvgIpc) is 1.56. The largest absolute Gasteiger partial charge is 0.369 e. The zero-order chi connectivity index (χ0) is 9.28. The van der Waals surface area contributed by atoms with Crippen LogP contribution in [0.2, 0.25) is 0 Å². The predicted octanol–water partition coefficient (Wildman–Crippen LogP) is -1.21. The molecule has 0 spiro atoms. The molecule has 0 fully saturated rings. The molecule has 6 heteroatoms. The molecule has 0 rings (SSSR count). The van der Waals surface area contributed by atoms with Gasteiger partial charge in [0.05, 0.1) is 11.2 Å². The van der Waals surface area contributed by atoms with Crippen molar-refractivity contribution in [1.29, 1.82) is 0 Å². The zero-order valence-electron chi connectivity index (χ0n) is 6.49. The molecular formula is C5H12N2O3S. The second-order valence-corrected chi connectivity index (χ2v) is 4.67. The van der Waals surface area contributed by atoms with E-state index < -0.39 is 27.1 Å². The maximum atomic E-state index is 10.6. The minimum absolute atomic E-state index is 0.421. The van der Waals surface area contributed by atoms with Crippen LogP contribution in [0.3, 0.4) is 0 Å². The molecule has 0 aliphatic carbocycles. The molecule has 0 atom stereocenters. The highest BCUT2D eigenvalue weighted by Crippen LogP contribution is 2.15. The van der Waals surface area contributed by atoms with Crippen LogP contribution < -0.4 is 10.9 Å². The van der Waals surface area contributed by atoms with Crippen LogP contribution in [0.1, 0.15) is 13.8 Å². The van der Waals surface area contributed by atoms with E-state index in [1.165, 1.54) is 13.8 Å². The van der Waals surface area contributed by atoms with Crippen LogP contribution in [-0.4, -0.2) is 20.1 Å². The quantitative estimate of drug-likeness (QED) is 0.569. The molecule has 11 heavy (non-hydrogen) atoms. The Morgan fingerprint density at radius 1 is 1.45 bits per heavy atom. The second-order valence-electron chi connectivity index (χ2n) is 3.06. The minimum Gasteiger partial charge on any atom is -0.369 e. The van der Waals surface area contributed by atoms with E-state index in [1.54, 1.807) is 0 Å². The van der Waals surface area contributed by atoms with Gasteiger partial charge in [-0.3, -0.25) is 4.79 Å². The zero-order valence-corrected chi connectivity index (χ0v) is 7.31. The third-order valence-electron chi connectivity index (χ3n) is 1.23. The number of primary amides is 1. The molecule has 0 radical (unpaired) electrons. The van der Waals surface area contributed by atoms with Gasteiger partial charge in [0.1, 0.15) is 0 Å². The highest BCUT2D eigenvalue weighted by Gasteiger charge is 2.29. The van der Waals surface area contributed by atoms with E-state index in [4.69, 9.17) is 10.9 Å². The summed E-state index contributed by atoms with van der Waals surface area (Å²) < 4.78 is 21.0. The third kappa shape index (κ3) is 3.94. The highest BCUT2D eigenvalue weighted by molar-refractivity contribution is 7.89. The summed E-state index contributed by atoms with van der Waals surface area (Å²) in [6, 6.07) is 0. The molecule has 0 saturated heterocycles. The van der Waals surface area contributed by atoms with E-state index >= 15 is 0 Å². The molecule has 0 aromatic rings. The number of carbonyl (C=O) groups excluding carboxylic acids is 1. The topological polar surface area (TPSA) is 103 Å². The Hall–Kier alpha value is -0.620. The van der Waals surface area contributed by atoms with Crippen LogP contribution in [-0.2, 0) is 14.8 Å². The maximum absolute atomic E-state index is 10.6. The molecule has 0 unspecified atom stereocenters. The summed E-state index contributed by atoms with van der Waals surface area (Å²) in [5, 5.41) is 4.72. The third-order valence-corrected chi connectivity index (χ3v) is 2.35.